The highest BCUT2D eigenvalue weighted by Gasteiger charge is 2.35. The third kappa shape index (κ3) is 5.26. The molecule has 1 amide bonds. The van der Waals surface area contributed by atoms with Crippen LogP contribution in [0.1, 0.15) is 51.0 Å². The van der Waals surface area contributed by atoms with Crippen molar-refractivity contribution in [2.45, 2.75) is 56.4 Å². The van der Waals surface area contributed by atoms with E-state index in [0.717, 1.165) is 18.4 Å². The summed E-state index contributed by atoms with van der Waals surface area (Å²) in [6.07, 6.45) is 3.37. The van der Waals surface area contributed by atoms with Crippen LogP contribution in [0.25, 0.3) is 0 Å². The monoisotopic (exact) mass is 429 g/mol. The Kier molecular flexibility index (Phi) is 7.90. The molecule has 0 radical (unpaired) electrons. The van der Waals surface area contributed by atoms with Crippen molar-refractivity contribution in [2.75, 3.05) is 19.6 Å². The number of amides is 1. The zero-order valence-electron chi connectivity index (χ0n) is 16.6. The van der Waals surface area contributed by atoms with Crippen LogP contribution in [0.5, 0.6) is 0 Å². The number of rotatable bonds is 7. The van der Waals surface area contributed by atoms with Gasteiger partial charge in [0.2, 0.25) is 15.9 Å². The predicted octanol–water partition coefficient (Wildman–Crippen LogP) is 2.49. The average molecular weight is 430 g/mol. The SMILES string of the molecule is CC(C)c1ccc(S(=O)(=O)N2CCC(C(=O)NC(CN)C3CC3)CC2)cc1.Cl. The number of nitrogens with two attached hydrogens (primary N) is 1. The molecule has 158 valence electrons. The number of hydrogen-bond donors (Lipinski definition) is 2. The summed E-state index contributed by atoms with van der Waals surface area (Å²) in [4.78, 5) is 12.8. The third-order valence-electron chi connectivity index (χ3n) is 5.78. The van der Waals surface area contributed by atoms with Gasteiger partial charge < -0.3 is 11.1 Å². The van der Waals surface area contributed by atoms with Crippen LogP contribution >= 0.6 is 12.4 Å². The third-order valence-corrected chi connectivity index (χ3v) is 7.69. The Hall–Kier alpha value is -1.15. The van der Waals surface area contributed by atoms with Crippen LogP contribution in [-0.2, 0) is 14.8 Å². The van der Waals surface area contributed by atoms with Gasteiger partial charge >= 0.3 is 0 Å². The fraction of sp³-hybridized carbons (Fsp3) is 0.650. The first kappa shape index (κ1) is 23.1. The number of piperidine rings is 1. The molecule has 28 heavy (non-hydrogen) atoms. The van der Waals surface area contributed by atoms with Gasteiger partial charge in [-0.2, -0.15) is 4.31 Å². The van der Waals surface area contributed by atoms with Crippen LogP contribution < -0.4 is 11.1 Å². The summed E-state index contributed by atoms with van der Waals surface area (Å²) in [5.74, 6) is 0.778. The highest BCUT2D eigenvalue weighted by Crippen LogP contribution is 2.32. The maximum absolute atomic E-state index is 12.9. The first-order valence-corrected chi connectivity index (χ1v) is 11.4. The number of halogens is 1. The first-order valence-electron chi connectivity index (χ1n) is 9.93. The van der Waals surface area contributed by atoms with E-state index in [1.165, 1.54) is 4.31 Å². The van der Waals surface area contributed by atoms with Gasteiger partial charge in [-0.15, -0.1) is 12.4 Å². The number of sulfonamides is 1. The quantitative estimate of drug-likeness (QED) is 0.696. The fourth-order valence-electron chi connectivity index (χ4n) is 3.70. The molecule has 6 nitrogen and oxygen atoms in total. The lowest BCUT2D eigenvalue weighted by molar-refractivity contribution is -0.126. The molecule has 3 rings (SSSR count). The summed E-state index contributed by atoms with van der Waals surface area (Å²) in [6, 6.07) is 7.19. The highest BCUT2D eigenvalue weighted by atomic mass is 35.5. The van der Waals surface area contributed by atoms with Gasteiger partial charge in [0.25, 0.3) is 0 Å². The molecule has 2 fully saturated rings. The molecule has 8 heteroatoms. The second-order valence-corrected chi connectivity index (χ2v) is 10.0. The van der Waals surface area contributed by atoms with Gasteiger partial charge in [0.1, 0.15) is 0 Å². The molecule has 1 saturated heterocycles. The molecule has 1 unspecified atom stereocenters. The largest absolute Gasteiger partial charge is 0.352 e. The van der Waals surface area contributed by atoms with E-state index in [0.29, 0.717) is 49.2 Å². The predicted molar refractivity (Wildman–Crippen MR) is 113 cm³/mol. The minimum absolute atomic E-state index is 0. The van der Waals surface area contributed by atoms with Gasteiger partial charge in [-0.3, -0.25) is 4.79 Å². The number of carbonyl (C=O) groups excluding carboxylic acids is 1. The Morgan fingerprint density at radius 1 is 1.14 bits per heavy atom. The number of hydrogen-bond acceptors (Lipinski definition) is 4. The summed E-state index contributed by atoms with van der Waals surface area (Å²) < 4.78 is 27.3. The van der Waals surface area contributed by atoms with Crippen molar-refractivity contribution in [1.82, 2.24) is 9.62 Å². The van der Waals surface area contributed by atoms with E-state index in [1.54, 1.807) is 12.1 Å². The lowest BCUT2D eigenvalue weighted by atomic mass is 9.96. The summed E-state index contributed by atoms with van der Waals surface area (Å²) in [5, 5.41) is 3.07. The molecule has 1 aromatic carbocycles. The molecule has 1 aromatic rings. The maximum Gasteiger partial charge on any atom is 0.243 e. The topological polar surface area (TPSA) is 92.5 Å². The van der Waals surface area contributed by atoms with E-state index in [-0.39, 0.29) is 30.3 Å². The van der Waals surface area contributed by atoms with E-state index in [1.807, 2.05) is 12.1 Å². The van der Waals surface area contributed by atoms with E-state index in [4.69, 9.17) is 5.73 Å². The Bertz CT molecular complexity index is 755. The normalized spacial score (nSPS) is 19.9. The Balaban J connectivity index is 0.00000280. The maximum atomic E-state index is 12.9. The average Bonchev–Trinajstić information content (AvgIpc) is 3.51. The van der Waals surface area contributed by atoms with Gasteiger partial charge in [0.15, 0.2) is 0 Å². The first-order chi connectivity index (χ1) is 12.8. The Morgan fingerprint density at radius 2 is 1.71 bits per heavy atom. The summed E-state index contributed by atoms with van der Waals surface area (Å²) in [6.45, 7) is 5.39. The second kappa shape index (κ2) is 9.57. The molecule has 1 saturated carbocycles. The van der Waals surface area contributed by atoms with Crippen molar-refractivity contribution in [1.29, 1.82) is 0 Å². The number of nitrogens with zero attached hydrogens (tertiary/aromatic N) is 1. The molecule has 0 spiro atoms. The molecular formula is C20H32ClN3O3S. The molecular weight excluding hydrogens is 398 g/mol. The molecule has 1 aliphatic carbocycles. The van der Waals surface area contributed by atoms with Crippen LogP contribution in [0.15, 0.2) is 29.2 Å². The summed E-state index contributed by atoms with van der Waals surface area (Å²) >= 11 is 0. The van der Waals surface area contributed by atoms with Crippen molar-refractivity contribution in [3.63, 3.8) is 0 Å². The number of benzene rings is 1. The van der Waals surface area contributed by atoms with E-state index < -0.39 is 10.0 Å². The van der Waals surface area contributed by atoms with Crippen molar-refractivity contribution in [3.05, 3.63) is 29.8 Å². The lowest BCUT2D eigenvalue weighted by Crippen LogP contribution is -2.47. The van der Waals surface area contributed by atoms with Crippen molar-refractivity contribution < 1.29 is 13.2 Å². The standard InChI is InChI=1S/C20H31N3O3S.ClH/c1-14(2)15-5-7-18(8-6-15)27(25,26)23-11-9-17(10-12-23)20(24)22-19(13-21)16-3-4-16;/h5-8,14,16-17,19H,3-4,9-13,21H2,1-2H3,(H,22,24);1H. The minimum Gasteiger partial charge on any atom is -0.352 e. The van der Waals surface area contributed by atoms with E-state index >= 15 is 0 Å². The summed E-state index contributed by atoms with van der Waals surface area (Å²) in [7, 11) is -3.50. The Morgan fingerprint density at radius 3 is 2.18 bits per heavy atom. The van der Waals surface area contributed by atoms with Crippen LogP contribution in [0, 0.1) is 11.8 Å². The van der Waals surface area contributed by atoms with Crippen LogP contribution in [0.3, 0.4) is 0 Å². The van der Waals surface area contributed by atoms with Crippen molar-refractivity contribution in [3.8, 4) is 0 Å². The lowest BCUT2D eigenvalue weighted by Gasteiger charge is -2.31. The van der Waals surface area contributed by atoms with Crippen molar-refractivity contribution in [2.24, 2.45) is 17.6 Å². The second-order valence-electron chi connectivity index (χ2n) is 8.09. The number of nitrogens with one attached hydrogen (secondary N) is 1. The van der Waals surface area contributed by atoms with Gasteiger partial charge in [-0.1, -0.05) is 26.0 Å². The number of carbonyl (C=O) groups is 1. The molecule has 3 N–H and O–H groups in total. The van der Waals surface area contributed by atoms with Gasteiger partial charge in [0.05, 0.1) is 4.90 Å². The van der Waals surface area contributed by atoms with Gasteiger partial charge in [-0.05, 0) is 55.2 Å². The molecule has 1 aliphatic heterocycles. The Labute approximate surface area is 174 Å². The molecule has 0 aromatic heterocycles. The van der Waals surface area contributed by atoms with Gasteiger partial charge in [0, 0.05) is 31.6 Å². The van der Waals surface area contributed by atoms with Crippen LogP contribution in [0.4, 0.5) is 0 Å². The highest BCUT2D eigenvalue weighted by molar-refractivity contribution is 7.89. The summed E-state index contributed by atoms with van der Waals surface area (Å²) in [5.41, 5.74) is 6.88. The fourth-order valence-corrected chi connectivity index (χ4v) is 5.17. The van der Waals surface area contributed by atoms with E-state index in [9.17, 15) is 13.2 Å². The zero-order valence-corrected chi connectivity index (χ0v) is 18.3. The molecule has 1 atom stereocenters. The molecule has 2 aliphatic rings. The smallest absolute Gasteiger partial charge is 0.243 e. The van der Waals surface area contributed by atoms with Gasteiger partial charge in [-0.25, -0.2) is 8.42 Å². The van der Waals surface area contributed by atoms with Crippen LogP contribution in [0.2, 0.25) is 0 Å². The van der Waals surface area contributed by atoms with E-state index in [2.05, 4.69) is 19.2 Å². The zero-order chi connectivity index (χ0) is 19.6. The van der Waals surface area contributed by atoms with Crippen LogP contribution in [-0.4, -0.2) is 44.3 Å². The van der Waals surface area contributed by atoms with Crippen molar-refractivity contribution >= 4 is 28.3 Å². The molecule has 1 heterocycles. The minimum atomic E-state index is -3.50. The molecule has 0 bridgehead atoms.